The molecule has 2 heterocycles. The maximum absolute atomic E-state index is 14.4. The summed E-state index contributed by atoms with van der Waals surface area (Å²) in [5.41, 5.74) is 1.45. The van der Waals surface area contributed by atoms with E-state index in [1.54, 1.807) is 24.3 Å². The highest BCUT2D eigenvalue weighted by Crippen LogP contribution is 2.25. The number of rotatable bonds is 2. The molecule has 1 fully saturated rings. The fraction of sp³-hybridized carbons (Fsp3) is 0.375. The lowest BCUT2D eigenvalue weighted by Gasteiger charge is -2.14. The van der Waals surface area contributed by atoms with Crippen molar-refractivity contribution in [3.05, 3.63) is 46.8 Å². The van der Waals surface area contributed by atoms with Gasteiger partial charge in [0.05, 0.1) is 17.7 Å². The van der Waals surface area contributed by atoms with Gasteiger partial charge in [0.1, 0.15) is 5.83 Å². The van der Waals surface area contributed by atoms with E-state index < -0.39 is 11.8 Å². The molecule has 21 heavy (non-hydrogen) atoms. The van der Waals surface area contributed by atoms with Crippen LogP contribution in [0.3, 0.4) is 0 Å². The van der Waals surface area contributed by atoms with Crippen LogP contribution in [0.4, 0.5) is 4.39 Å². The fourth-order valence-corrected chi connectivity index (χ4v) is 2.82. The maximum Gasteiger partial charge on any atom is 0.261 e. The number of halogens is 1. The molecule has 1 saturated heterocycles. The second-order valence-electron chi connectivity index (χ2n) is 5.35. The zero-order valence-electron chi connectivity index (χ0n) is 11.7. The zero-order valence-corrected chi connectivity index (χ0v) is 11.7. The van der Waals surface area contributed by atoms with Gasteiger partial charge in [-0.05, 0) is 50.1 Å². The monoisotopic (exact) mass is 288 g/mol. The lowest BCUT2D eigenvalue weighted by atomic mass is 10.1. The van der Waals surface area contributed by atoms with E-state index in [9.17, 15) is 14.0 Å². The summed E-state index contributed by atoms with van der Waals surface area (Å²) in [6.07, 6.45) is 2.20. The number of hydrogen-bond acceptors (Lipinski definition) is 3. The molecule has 0 aliphatic carbocycles. The Morgan fingerprint density at radius 1 is 1.10 bits per heavy atom. The van der Waals surface area contributed by atoms with E-state index in [0.29, 0.717) is 24.0 Å². The van der Waals surface area contributed by atoms with Crippen molar-refractivity contribution in [2.75, 3.05) is 19.6 Å². The van der Waals surface area contributed by atoms with Gasteiger partial charge in [-0.25, -0.2) is 4.39 Å². The van der Waals surface area contributed by atoms with Crippen molar-refractivity contribution >= 4 is 11.8 Å². The Hall–Kier alpha value is -2.01. The van der Waals surface area contributed by atoms with Crippen LogP contribution >= 0.6 is 0 Å². The van der Waals surface area contributed by atoms with Crippen molar-refractivity contribution in [1.82, 2.24) is 10.2 Å². The minimum absolute atomic E-state index is 0.248. The largest absolute Gasteiger partial charge is 0.316 e. The average molecular weight is 288 g/mol. The molecular formula is C16H17FN2O2. The minimum Gasteiger partial charge on any atom is -0.316 e. The summed E-state index contributed by atoms with van der Waals surface area (Å²) in [5.74, 6) is -1.15. The number of benzene rings is 1. The maximum atomic E-state index is 14.4. The van der Waals surface area contributed by atoms with Crippen LogP contribution in [-0.2, 0) is 0 Å². The molecule has 2 amide bonds. The van der Waals surface area contributed by atoms with Gasteiger partial charge in [0, 0.05) is 0 Å². The van der Waals surface area contributed by atoms with Crippen LogP contribution in [0.25, 0.3) is 0 Å². The summed E-state index contributed by atoms with van der Waals surface area (Å²) < 4.78 is 14.4. The van der Waals surface area contributed by atoms with Crippen LogP contribution in [0, 0.1) is 0 Å². The molecule has 2 aliphatic heterocycles. The number of nitrogens with zero attached hydrogens (tertiary/aromatic N) is 1. The Morgan fingerprint density at radius 2 is 1.76 bits per heavy atom. The van der Waals surface area contributed by atoms with Crippen LogP contribution in [-0.4, -0.2) is 36.3 Å². The molecule has 0 radical (unpaired) electrons. The minimum atomic E-state index is -0.405. The number of amides is 2. The van der Waals surface area contributed by atoms with Crippen LogP contribution < -0.4 is 5.32 Å². The lowest BCUT2D eigenvalue weighted by Crippen LogP contribution is -2.31. The molecule has 5 heteroatoms. The van der Waals surface area contributed by atoms with Gasteiger partial charge in [-0.2, -0.15) is 0 Å². The number of fused-ring (bicyclic) bond motifs is 1. The first-order valence-corrected chi connectivity index (χ1v) is 7.21. The third kappa shape index (κ3) is 2.61. The van der Waals surface area contributed by atoms with E-state index in [4.69, 9.17) is 0 Å². The van der Waals surface area contributed by atoms with Crippen molar-refractivity contribution < 1.29 is 14.0 Å². The van der Waals surface area contributed by atoms with Gasteiger partial charge < -0.3 is 5.32 Å². The molecule has 0 unspecified atom stereocenters. The van der Waals surface area contributed by atoms with E-state index in [1.165, 1.54) is 0 Å². The molecule has 2 aliphatic rings. The number of hydrogen-bond donors (Lipinski definition) is 1. The van der Waals surface area contributed by atoms with Gasteiger partial charge in [-0.3, -0.25) is 14.5 Å². The van der Waals surface area contributed by atoms with Crippen molar-refractivity contribution in [2.24, 2.45) is 0 Å². The van der Waals surface area contributed by atoms with E-state index in [-0.39, 0.29) is 12.4 Å². The summed E-state index contributed by atoms with van der Waals surface area (Å²) in [4.78, 5) is 25.4. The topological polar surface area (TPSA) is 49.4 Å². The Kier molecular flexibility index (Phi) is 3.84. The molecule has 1 aromatic carbocycles. The summed E-state index contributed by atoms with van der Waals surface area (Å²) in [7, 11) is 0. The SMILES string of the molecule is O=C1c2ccccc2C(=O)N1C/C(F)=C1\CCCNCC1. The second-order valence-corrected chi connectivity index (χ2v) is 5.35. The van der Waals surface area contributed by atoms with Crippen molar-refractivity contribution in [2.45, 2.75) is 19.3 Å². The highest BCUT2D eigenvalue weighted by molar-refractivity contribution is 6.21. The van der Waals surface area contributed by atoms with Gasteiger partial charge in [0.2, 0.25) is 0 Å². The van der Waals surface area contributed by atoms with E-state index in [2.05, 4.69) is 5.32 Å². The summed E-state index contributed by atoms with van der Waals surface area (Å²) in [6.45, 7) is 1.37. The molecule has 3 rings (SSSR count). The summed E-state index contributed by atoms with van der Waals surface area (Å²) >= 11 is 0. The van der Waals surface area contributed by atoms with Crippen molar-refractivity contribution in [3.63, 3.8) is 0 Å². The predicted octanol–water partition coefficient (Wildman–Crippen LogP) is 2.28. The Labute approximate surface area is 122 Å². The van der Waals surface area contributed by atoms with Crippen LogP contribution in [0.2, 0.25) is 0 Å². The Morgan fingerprint density at radius 3 is 2.43 bits per heavy atom. The van der Waals surface area contributed by atoms with Crippen LogP contribution in [0.15, 0.2) is 35.7 Å². The van der Waals surface area contributed by atoms with E-state index >= 15 is 0 Å². The smallest absolute Gasteiger partial charge is 0.261 e. The quantitative estimate of drug-likeness (QED) is 0.849. The Balaban J connectivity index is 1.81. The summed E-state index contributed by atoms with van der Waals surface area (Å²) in [6, 6.07) is 6.63. The molecule has 1 aromatic rings. The highest BCUT2D eigenvalue weighted by Gasteiger charge is 2.35. The molecule has 0 atom stereocenters. The zero-order chi connectivity index (χ0) is 14.8. The van der Waals surface area contributed by atoms with Crippen molar-refractivity contribution in [3.8, 4) is 0 Å². The Bertz CT molecular complexity index is 579. The molecule has 0 saturated carbocycles. The molecular weight excluding hydrogens is 271 g/mol. The standard InChI is InChI=1S/C16H17FN2O2/c17-14(11-4-3-8-18-9-7-11)10-19-15(20)12-5-1-2-6-13(12)16(19)21/h1-2,5-6,18H,3-4,7-10H2/b14-11-. The average Bonchev–Trinajstić information content (AvgIpc) is 2.72. The van der Waals surface area contributed by atoms with Gasteiger partial charge in [0.15, 0.2) is 0 Å². The predicted molar refractivity (Wildman–Crippen MR) is 76.7 cm³/mol. The lowest BCUT2D eigenvalue weighted by molar-refractivity contribution is 0.0659. The molecule has 0 spiro atoms. The molecule has 110 valence electrons. The van der Waals surface area contributed by atoms with Gasteiger partial charge in [-0.1, -0.05) is 12.1 Å². The normalized spacial score (nSPS) is 21.3. The molecule has 1 N–H and O–H groups in total. The number of carbonyl (C=O) groups excluding carboxylic acids is 2. The first-order chi connectivity index (χ1) is 10.2. The van der Waals surface area contributed by atoms with E-state index in [0.717, 1.165) is 30.0 Å². The number of nitrogens with one attached hydrogen (secondary N) is 1. The van der Waals surface area contributed by atoms with Gasteiger partial charge in [0.25, 0.3) is 11.8 Å². The summed E-state index contributed by atoms with van der Waals surface area (Å²) in [5, 5.41) is 3.21. The third-order valence-electron chi connectivity index (χ3n) is 3.99. The fourth-order valence-electron chi connectivity index (χ4n) is 2.82. The van der Waals surface area contributed by atoms with Crippen LogP contribution in [0.1, 0.15) is 40.0 Å². The first kappa shape index (κ1) is 13.9. The van der Waals surface area contributed by atoms with Crippen molar-refractivity contribution in [1.29, 1.82) is 0 Å². The number of imide groups is 1. The molecule has 0 aromatic heterocycles. The van der Waals surface area contributed by atoms with Crippen LogP contribution in [0.5, 0.6) is 0 Å². The second kappa shape index (κ2) is 5.77. The molecule has 0 bridgehead atoms. The van der Waals surface area contributed by atoms with Gasteiger partial charge in [-0.15, -0.1) is 0 Å². The van der Waals surface area contributed by atoms with Gasteiger partial charge >= 0.3 is 0 Å². The first-order valence-electron chi connectivity index (χ1n) is 7.21. The number of carbonyl (C=O) groups is 2. The highest BCUT2D eigenvalue weighted by atomic mass is 19.1. The molecule has 4 nitrogen and oxygen atoms in total. The van der Waals surface area contributed by atoms with E-state index in [1.807, 2.05) is 0 Å². The third-order valence-corrected chi connectivity index (χ3v) is 3.99.